The molecular weight excluding hydrogens is 278 g/mol. The van der Waals surface area contributed by atoms with Gasteiger partial charge in [0.2, 0.25) is 0 Å². The third-order valence-electron chi connectivity index (χ3n) is 3.60. The SMILES string of the molecule is CCC(C)(C)C.N#CN1CCN(c2ccc(C=O)nn2)CC1. The van der Waals surface area contributed by atoms with E-state index in [1.54, 1.807) is 17.0 Å². The predicted octanol–water partition coefficient (Wildman–Crippen LogP) is 2.33. The Bertz CT molecular complexity index is 493. The van der Waals surface area contributed by atoms with E-state index in [-0.39, 0.29) is 0 Å². The van der Waals surface area contributed by atoms with Crippen molar-refractivity contribution in [3.8, 4) is 6.19 Å². The largest absolute Gasteiger partial charge is 0.352 e. The van der Waals surface area contributed by atoms with E-state index in [2.05, 4.69) is 49.0 Å². The summed E-state index contributed by atoms with van der Waals surface area (Å²) in [4.78, 5) is 14.2. The molecular formula is C16H25N5O. The molecule has 2 rings (SSSR count). The van der Waals surface area contributed by atoms with Crippen LogP contribution in [0.2, 0.25) is 0 Å². The first-order valence-corrected chi connectivity index (χ1v) is 7.58. The number of rotatable bonds is 2. The van der Waals surface area contributed by atoms with E-state index < -0.39 is 0 Å². The highest BCUT2D eigenvalue weighted by Gasteiger charge is 2.16. The van der Waals surface area contributed by atoms with E-state index in [0.29, 0.717) is 30.5 Å². The molecule has 0 amide bonds. The van der Waals surface area contributed by atoms with E-state index >= 15 is 0 Å². The molecule has 0 N–H and O–H groups in total. The van der Waals surface area contributed by atoms with Gasteiger partial charge in [-0.15, -0.1) is 10.2 Å². The van der Waals surface area contributed by atoms with Crippen LogP contribution in [0, 0.1) is 16.9 Å². The van der Waals surface area contributed by atoms with Crippen molar-refractivity contribution in [1.82, 2.24) is 15.1 Å². The van der Waals surface area contributed by atoms with Crippen LogP contribution >= 0.6 is 0 Å². The lowest BCUT2D eigenvalue weighted by molar-refractivity contribution is 0.111. The lowest BCUT2D eigenvalue weighted by Crippen LogP contribution is -2.44. The van der Waals surface area contributed by atoms with Crippen molar-refractivity contribution in [3.63, 3.8) is 0 Å². The number of carbonyl (C=O) groups is 1. The average molecular weight is 303 g/mol. The van der Waals surface area contributed by atoms with Gasteiger partial charge in [-0.05, 0) is 17.5 Å². The van der Waals surface area contributed by atoms with Gasteiger partial charge < -0.3 is 9.80 Å². The topological polar surface area (TPSA) is 73.1 Å². The Kier molecular flexibility index (Phi) is 6.77. The van der Waals surface area contributed by atoms with Crippen molar-refractivity contribution in [2.24, 2.45) is 5.41 Å². The lowest BCUT2D eigenvalue weighted by Gasteiger charge is -2.31. The average Bonchev–Trinajstić information content (AvgIpc) is 2.55. The van der Waals surface area contributed by atoms with Crippen LogP contribution in [0.1, 0.15) is 44.6 Å². The molecule has 0 aromatic carbocycles. The van der Waals surface area contributed by atoms with Crippen LogP contribution in [-0.2, 0) is 0 Å². The molecule has 1 saturated heterocycles. The van der Waals surface area contributed by atoms with Gasteiger partial charge >= 0.3 is 0 Å². The minimum Gasteiger partial charge on any atom is -0.352 e. The summed E-state index contributed by atoms with van der Waals surface area (Å²) < 4.78 is 0. The van der Waals surface area contributed by atoms with Gasteiger partial charge in [-0.3, -0.25) is 4.79 Å². The molecule has 22 heavy (non-hydrogen) atoms. The Balaban J connectivity index is 0.000000346. The number of aromatic nitrogens is 2. The van der Waals surface area contributed by atoms with Crippen LogP contribution in [0.3, 0.4) is 0 Å². The standard InChI is InChI=1S/C10H11N5O.C6H14/c11-8-14-3-5-15(6-4-14)10-2-1-9(7-16)12-13-10;1-5-6(2,3)4/h1-2,7H,3-6H2;5H2,1-4H3. The highest BCUT2D eigenvalue weighted by molar-refractivity contribution is 5.71. The van der Waals surface area contributed by atoms with Crippen molar-refractivity contribution < 1.29 is 4.79 Å². The first kappa shape index (κ1) is 17.9. The highest BCUT2D eigenvalue weighted by atomic mass is 16.1. The number of nitrogens with zero attached hydrogens (tertiary/aromatic N) is 5. The molecule has 6 nitrogen and oxygen atoms in total. The summed E-state index contributed by atoms with van der Waals surface area (Å²) in [6, 6.07) is 3.42. The van der Waals surface area contributed by atoms with Gasteiger partial charge in [0.25, 0.3) is 0 Å². The zero-order chi connectivity index (χ0) is 16.6. The van der Waals surface area contributed by atoms with Crippen molar-refractivity contribution in [2.75, 3.05) is 31.1 Å². The molecule has 0 spiro atoms. The van der Waals surface area contributed by atoms with E-state index in [4.69, 9.17) is 5.26 Å². The zero-order valence-corrected chi connectivity index (χ0v) is 13.9. The Morgan fingerprint density at radius 2 is 1.82 bits per heavy atom. The third-order valence-corrected chi connectivity index (χ3v) is 3.60. The second kappa shape index (κ2) is 8.32. The third kappa shape index (κ3) is 6.08. The molecule has 0 atom stereocenters. The molecule has 6 heteroatoms. The van der Waals surface area contributed by atoms with E-state index in [0.717, 1.165) is 18.9 Å². The van der Waals surface area contributed by atoms with Crippen molar-refractivity contribution in [1.29, 1.82) is 5.26 Å². The molecule has 1 aliphatic heterocycles. The van der Waals surface area contributed by atoms with Crippen molar-refractivity contribution in [2.45, 2.75) is 34.1 Å². The number of hydrogen-bond donors (Lipinski definition) is 0. The van der Waals surface area contributed by atoms with Gasteiger partial charge in [0, 0.05) is 26.2 Å². The van der Waals surface area contributed by atoms with E-state index in [1.165, 1.54) is 6.42 Å². The number of aldehydes is 1. The minimum absolute atomic E-state index is 0.333. The summed E-state index contributed by atoms with van der Waals surface area (Å²) in [7, 11) is 0. The summed E-state index contributed by atoms with van der Waals surface area (Å²) in [6.45, 7) is 11.8. The molecule has 1 aromatic rings. The van der Waals surface area contributed by atoms with E-state index in [1.807, 2.05) is 0 Å². The number of carbonyl (C=O) groups excluding carboxylic acids is 1. The Morgan fingerprint density at radius 1 is 1.23 bits per heavy atom. The van der Waals surface area contributed by atoms with E-state index in [9.17, 15) is 4.79 Å². The van der Waals surface area contributed by atoms with Gasteiger partial charge in [0.15, 0.2) is 18.3 Å². The first-order chi connectivity index (χ1) is 10.4. The lowest BCUT2D eigenvalue weighted by atomic mass is 9.94. The fraction of sp³-hybridized carbons (Fsp3) is 0.625. The molecule has 1 aliphatic rings. The van der Waals surface area contributed by atoms with Crippen LogP contribution in [0.15, 0.2) is 12.1 Å². The monoisotopic (exact) mass is 303 g/mol. The molecule has 1 aromatic heterocycles. The van der Waals surface area contributed by atoms with Gasteiger partial charge in [-0.1, -0.05) is 34.1 Å². The molecule has 0 aliphatic carbocycles. The minimum atomic E-state index is 0.333. The summed E-state index contributed by atoms with van der Waals surface area (Å²) in [5, 5.41) is 16.4. The fourth-order valence-corrected chi connectivity index (χ4v) is 1.60. The smallest absolute Gasteiger partial charge is 0.179 e. The van der Waals surface area contributed by atoms with Gasteiger partial charge in [-0.2, -0.15) is 5.26 Å². The maximum absolute atomic E-state index is 10.4. The maximum atomic E-state index is 10.4. The van der Waals surface area contributed by atoms with Crippen molar-refractivity contribution >= 4 is 12.1 Å². The Labute approximate surface area is 132 Å². The molecule has 0 saturated carbocycles. The highest BCUT2D eigenvalue weighted by Crippen LogP contribution is 2.16. The second-order valence-electron chi connectivity index (χ2n) is 6.42. The molecule has 0 radical (unpaired) electrons. The zero-order valence-electron chi connectivity index (χ0n) is 13.9. The van der Waals surface area contributed by atoms with Gasteiger partial charge in [0.1, 0.15) is 5.69 Å². The number of anilines is 1. The normalized spacial score (nSPS) is 14.7. The van der Waals surface area contributed by atoms with Gasteiger partial charge in [0.05, 0.1) is 0 Å². The van der Waals surface area contributed by atoms with Crippen LogP contribution in [0.25, 0.3) is 0 Å². The number of nitriles is 1. The molecule has 1 fully saturated rings. The Morgan fingerprint density at radius 3 is 2.18 bits per heavy atom. The van der Waals surface area contributed by atoms with Crippen LogP contribution < -0.4 is 4.90 Å². The number of piperazine rings is 1. The van der Waals surface area contributed by atoms with Crippen LogP contribution in [0.4, 0.5) is 5.82 Å². The molecule has 2 heterocycles. The summed E-state index contributed by atoms with van der Waals surface area (Å²) in [6.07, 6.45) is 4.06. The summed E-state index contributed by atoms with van der Waals surface area (Å²) in [5.41, 5.74) is 0.874. The summed E-state index contributed by atoms with van der Waals surface area (Å²) >= 11 is 0. The molecule has 0 unspecified atom stereocenters. The first-order valence-electron chi connectivity index (χ1n) is 7.58. The Hall–Kier alpha value is -2.16. The van der Waals surface area contributed by atoms with Gasteiger partial charge in [-0.25, -0.2) is 0 Å². The molecule has 0 bridgehead atoms. The predicted molar refractivity (Wildman–Crippen MR) is 86.6 cm³/mol. The number of hydrogen-bond acceptors (Lipinski definition) is 6. The summed E-state index contributed by atoms with van der Waals surface area (Å²) in [5.74, 6) is 0.753. The van der Waals surface area contributed by atoms with Crippen LogP contribution in [-0.4, -0.2) is 47.6 Å². The second-order valence-corrected chi connectivity index (χ2v) is 6.42. The maximum Gasteiger partial charge on any atom is 0.179 e. The van der Waals surface area contributed by atoms with Crippen LogP contribution in [0.5, 0.6) is 0 Å². The molecule has 120 valence electrons. The fourth-order valence-electron chi connectivity index (χ4n) is 1.60. The quantitative estimate of drug-likeness (QED) is 0.617. The van der Waals surface area contributed by atoms with Crippen molar-refractivity contribution in [3.05, 3.63) is 17.8 Å².